The summed E-state index contributed by atoms with van der Waals surface area (Å²) in [5, 5.41) is 3.23. The molecule has 1 amide bonds. The second-order valence-corrected chi connectivity index (χ2v) is 8.12. The molecular weight excluding hydrogens is 348 g/mol. The first kappa shape index (κ1) is 20.3. The molecule has 2 heterocycles. The predicted octanol–water partition coefficient (Wildman–Crippen LogP) is 4.09. The number of carbonyl (C=O) groups is 1. The highest BCUT2D eigenvalue weighted by atomic mass is 16.2. The normalized spacial score (nSPS) is 15.3. The third-order valence-electron chi connectivity index (χ3n) is 5.35. The van der Waals surface area contributed by atoms with Gasteiger partial charge in [-0.05, 0) is 35.1 Å². The van der Waals surface area contributed by atoms with Crippen LogP contribution in [0.1, 0.15) is 50.7 Å². The summed E-state index contributed by atoms with van der Waals surface area (Å²) in [6.45, 7) is 12.6. The van der Waals surface area contributed by atoms with Gasteiger partial charge in [-0.2, -0.15) is 0 Å². The van der Waals surface area contributed by atoms with Crippen LogP contribution in [0.3, 0.4) is 0 Å². The molecule has 0 bridgehead atoms. The lowest BCUT2D eigenvalue weighted by atomic mass is 9.92. The van der Waals surface area contributed by atoms with Gasteiger partial charge in [-0.15, -0.1) is 0 Å². The summed E-state index contributed by atoms with van der Waals surface area (Å²) in [5.74, 6) is 1.83. The van der Waals surface area contributed by atoms with Crippen LogP contribution < -0.4 is 10.2 Å². The Morgan fingerprint density at radius 2 is 1.61 bits per heavy atom. The van der Waals surface area contributed by atoms with E-state index in [1.54, 1.807) is 0 Å². The van der Waals surface area contributed by atoms with E-state index in [4.69, 9.17) is 0 Å². The first-order valence-corrected chi connectivity index (χ1v) is 10.3. The average molecular weight is 381 g/mol. The highest BCUT2D eigenvalue weighted by Crippen LogP contribution is 2.32. The molecule has 150 valence electrons. The van der Waals surface area contributed by atoms with Gasteiger partial charge < -0.3 is 10.2 Å². The predicted molar refractivity (Wildman–Crippen MR) is 116 cm³/mol. The first-order valence-electron chi connectivity index (χ1n) is 10.3. The average Bonchev–Trinajstić information content (AvgIpc) is 2.69. The molecule has 2 aromatic rings. The van der Waals surface area contributed by atoms with E-state index in [-0.39, 0.29) is 5.91 Å². The molecule has 28 heavy (non-hydrogen) atoms. The van der Waals surface area contributed by atoms with Crippen molar-refractivity contribution in [3.05, 3.63) is 53.7 Å². The molecule has 0 saturated carbocycles. The Labute approximate surface area is 168 Å². The number of pyridine rings is 1. The number of nitrogens with one attached hydrogen (secondary N) is 1. The summed E-state index contributed by atoms with van der Waals surface area (Å²) in [4.78, 5) is 21.7. The van der Waals surface area contributed by atoms with Gasteiger partial charge in [0.15, 0.2) is 0 Å². The van der Waals surface area contributed by atoms with E-state index in [0.717, 1.165) is 37.7 Å². The van der Waals surface area contributed by atoms with Crippen LogP contribution in [0.2, 0.25) is 0 Å². The Bertz CT molecular complexity index is 754. The Balaban J connectivity index is 1.61. The maximum Gasteiger partial charge on any atom is 0.238 e. The molecule has 1 aromatic carbocycles. The highest BCUT2D eigenvalue weighted by molar-refractivity contribution is 5.94. The fraction of sp³-hybridized carbons (Fsp3) is 0.478. The summed E-state index contributed by atoms with van der Waals surface area (Å²) >= 11 is 0. The van der Waals surface area contributed by atoms with Gasteiger partial charge in [0, 0.05) is 38.1 Å². The lowest BCUT2D eigenvalue weighted by Crippen LogP contribution is -2.49. The molecule has 0 atom stereocenters. The lowest BCUT2D eigenvalue weighted by Gasteiger charge is -2.35. The van der Waals surface area contributed by atoms with Gasteiger partial charge in [0.1, 0.15) is 5.82 Å². The Hall–Kier alpha value is -2.40. The van der Waals surface area contributed by atoms with E-state index in [1.807, 2.05) is 24.4 Å². The van der Waals surface area contributed by atoms with Gasteiger partial charge in [-0.1, -0.05) is 52.0 Å². The van der Waals surface area contributed by atoms with Gasteiger partial charge in [0.2, 0.25) is 5.91 Å². The van der Waals surface area contributed by atoms with Crippen molar-refractivity contribution in [1.29, 1.82) is 0 Å². The molecule has 5 heteroatoms. The number of amides is 1. The van der Waals surface area contributed by atoms with Gasteiger partial charge in [-0.25, -0.2) is 4.98 Å². The number of anilines is 2. The molecule has 1 N–H and O–H groups in total. The van der Waals surface area contributed by atoms with Crippen LogP contribution in [-0.2, 0) is 4.79 Å². The van der Waals surface area contributed by atoms with Crippen LogP contribution in [0.4, 0.5) is 11.5 Å². The maximum atomic E-state index is 12.8. The van der Waals surface area contributed by atoms with Crippen molar-refractivity contribution in [3.8, 4) is 0 Å². The van der Waals surface area contributed by atoms with Crippen LogP contribution in [0.5, 0.6) is 0 Å². The van der Waals surface area contributed by atoms with Crippen molar-refractivity contribution >= 4 is 17.4 Å². The maximum absolute atomic E-state index is 12.8. The minimum absolute atomic E-state index is 0.0706. The third-order valence-corrected chi connectivity index (χ3v) is 5.35. The zero-order valence-corrected chi connectivity index (χ0v) is 17.5. The number of carbonyl (C=O) groups excluding carboxylic acids is 1. The van der Waals surface area contributed by atoms with Crippen molar-refractivity contribution in [1.82, 2.24) is 9.88 Å². The number of benzene rings is 1. The molecular formula is C23H32N4O. The fourth-order valence-corrected chi connectivity index (χ4v) is 3.75. The zero-order valence-electron chi connectivity index (χ0n) is 17.5. The number of hydrogen-bond acceptors (Lipinski definition) is 4. The smallest absolute Gasteiger partial charge is 0.238 e. The minimum atomic E-state index is 0.0706. The second kappa shape index (κ2) is 9.20. The fourth-order valence-electron chi connectivity index (χ4n) is 3.75. The number of piperazine rings is 1. The molecule has 5 nitrogen and oxygen atoms in total. The summed E-state index contributed by atoms with van der Waals surface area (Å²) in [5.41, 5.74) is 3.42. The van der Waals surface area contributed by atoms with E-state index < -0.39 is 0 Å². The number of hydrogen-bond donors (Lipinski definition) is 1. The number of nitrogens with zero attached hydrogens (tertiary/aromatic N) is 3. The van der Waals surface area contributed by atoms with E-state index in [1.165, 1.54) is 11.1 Å². The monoisotopic (exact) mass is 380 g/mol. The third kappa shape index (κ3) is 4.90. The van der Waals surface area contributed by atoms with Crippen molar-refractivity contribution in [2.75, 3.05) is 42.9 Å². The van der Waals surface area contributed by atoms with Crippen molar-refractivity contribution < 1.29 is 4.79 Å². The van der Waals surface area contributed by atoms with E-state index in [0.29, 0.717) is 18.4 Å². The molecule has 1 aliphatic heterocycles. The largest absolute Gasteiger partial charge is 0.354 e. The Morgan fingerprint density at radius 1 is 0.964 bits per heavy atom. The molecule has 1 aromatic heterocycles. The summed E-state index contributed by atoms with van der Waals surface area (Å²) < 4.78 is 0. The van der Waals surface area contributed by atoms with E-state index >= 15 is 0 Å². The number of aromatic nitrogens is 1. The summed E-state index contributed by atoms with van der Waals surface area (Å²) in [6, 6.07) is 12.3. The number of rotatable bonds is 6. The van der Waals surface area contributed by atoms with E-state index in [9.17, 15) is 4.79 Å². The van der Waals surface area contributed by atoms with Crippen molar-refractivity contribution in [2.45, 2.75) is 39.5 Å². The molecule has 0 unspecified atom stereocenters. The van der Waals surface area contributed by atoms with Crippen molar-refractivity contribution in [3.63, 3.8) is 0 Å². The Morgan fingerprint density at radius 3 is 2.14 bits per heavy atom. The molecule has 1 saturated heterocycles. The van der Waals surface area contributed by atoms with Gasteiger partial charge in [-0.3, -0.25) is 9.69 Å². The molecule has 0 radical (unpaired) electrons. The minimum Gasteiger partial charge on any atom is -0.354 e. The van der Waals surface area contributed by atoms with Gasteiger partial charge in [0.25, 0.3) is 0 Å². The molecule has 3 rings (SSSR count). The molecule has 0 aliphatic carbocycles. The lowest BCUT2D eigenvalue weighted by molar-refractivity contribution is -0.117. The van der Waals surface area contributed by atoms with Crippen LogP contribution in [-0.4, -0.2) is 48.5 Å². The summed E-state index contributed by atoms with van der Waals surface area (Å²) in [6.07, 6.45) is 1.83. The summed E-state index contributed by atoms with van der Waals surface area (Å²) in [7, 11) is 0. The molecule has 0 spiro atoms. The van der Waals surface area contributed by atoms with Gasteiger partial charge >= 0.3 is 0 Å². The van der Waals surface area contributed by atoms with E-state index in [2.05, 4.69) is 66.0 Å². The second-order valence-electron chi connectivity index (χ2n) is 8.12. The highest BCUT2D eigenvalue weighted by Gasteiger charge is 2.21. The molecule has 1 fully saturated rings. The standard InChI is InChI=1S/C23H32N4O/c1-17(2)19-8-7-9-20(18(3)4)23(19)25-22(28)16-26-12-14-27(15-13-26)21-10-5-6-11-24-21/h5-11,17-18H,12-16H2,1-4H3,(H,25,28). The molecule has 1 aliphatic rings. The van der Waals surface area contributed by atoms with Crippen LogP contribution in [0.25, 0.3) is 0 Å². The first-order chi connectivity index (χ1) is 13.5. The topological polar surface area (TPSA) is 48.5 Å². The quantitative estimate of drug-likeness (QED) is 0.820. The van der Waals surface area contributed by atoms with Gasteiger partial charge in [0.05, 0.1) is 6.54 Å². The Kier molecular flexibility index (Phi) is 6.68. The van der Waals surface area contributed by atoms with Crippen molar-refractivity contribution in [2.24, 2.45) is 0 Å². The van der Waals surface area contributed by atoms with Crippen LogP contribution in [0, 0.1) is 0 Å². The SMILES string of the molecule is CC(C)c1cccc(C(C)C)c1NC(=O)CN1CCN(c2ccccn2)CC1. The number of para-hydroxylation sites is 1. The zero-order chi connectivity index (χ0) is 20.1. The van der Waals surface area contributed by atoms with Crippen LogP contribution >= 0.6 is 0 Å². The van der Waals surface area contributed by atoms with Crippen LogP contribution in [0.15, 0.2) is 42.6 Å².